The summed E-state index contributed by atoms with van der Waals surface area (Å²) in [5, 5.41) is 6.21. The van der Waals surface area contributed by atoms with Gasteiger partial charge in [0, 0.05) is 41.8 Å². The van der Waals surface area contributed by atoms with Crippen molar-refractivity contribution in [2.45, 2.75) is 20.8 Å². The van der Waals surface area contributed by atoms with Gasteiger partial charge < -0.3 is 15.5 Å². The fourth-order valence-corrected chi connectivity index (χ4v) is 3.73. The minimum Gasteiger partial charge on any atom is -0.357 e. The number of carbonyl (C=O) groups is 1. The highest BCUT2D eigenvalue weighted by Gasteiger charge is 2.09. The third-order valence-electron chi connectivity index (χ3n) is 5.58. The molecular formula is C28H29N5O. The Hall–Kier alpha value is -4.19. The first-order valence-corrected chi connectivity index (χ1v) is 11.5. The second-order valence-corrected chi connectivity index (χ2v) is 7.96. The van der Waals surface area contributed by atoms with Crippen LogP contribution in [-0.4, -0.2) is 29.0 Å². The van der Waals surface area contributed by atoms with E-state index in [1.165, 1.54) is 0 Å². The van der Waals surface area contributed by atoms with Gasteiger partial charge in [0.15, 0.2) is 0 Å². The van der Waals surface area contributed by atoms with Gasteiger partial charge in [0.1, 0.15) is 5.82 Å². The molecule has 1 aromatic heterocycles. The number of hydrogen-bond acceptors (Lipinski definition) is 5. The van der Waals surface area contributed by atoms with Crippen LogP contribution < -0.4 is 15.5 Å². The van der Waals surface area contributed by atoms with E-state index in [2.05, 4.69) is 51.5 Å². The van der Waals surface area contributed by atoms with Crippen LogP contribution in [0, 0.1) is 6.92 Å². The number of benzene rings is 3. The van der Waals surface area contributed by atoms with Gasteiger partial charge in [-0.2, -0.15) is 4.98 Å². The lowest BCUT2D eigenvalue weighted by Crippen LogP contribution is -2.23. The van der Waals surface area contributed by atoms with Crippen molar-refractivity contribution in [2.75, 3.05) is 28.6 Å². The highest BCUT2D eigenvalue weighted by atomic mass is 16.1. The molecule has 0 spiro atoms. The Labute approximate surface area is 200 Å². The van der Waals surface area contributed by atoms with E-state index >= 15 is 0 Å². The lowest BCUT2D eigenvalue weighted by atomic mass is 10.0. The van der Waals surface area contributed by atoms with Crippen molar-refractivity contribution >= 4 is 29.0 Å². The summed E-state index contributed by atoms with van der Waals surface area (Å²) in [5.74, 6) is 1.31. The second-order valence-electron chi connectivity index (χ2n) is 7.96. The van der Waals surface area contributed by atoms with Gasteiger partial charge in [-0.1, -0.05) is 42.5 Å². The van der Waals surface area contributed by atoms with Gasteiger partial charge in [-0.05, 0) is 68.3 Å². The van der Waals surface area contributed by atoms with Crippen LogP contribution >= 0.6 is 0 Å². The Morgan fingerprint density at radius 2 is 1.41 bits per heavy atom. The van der Waals surface area contributed by atoms with Crippen molar-refractivity contribution in [3.63, 3.8) is 0 Å². The highest BCUT2D eigenvalue weighted by Crippen LogP contribution is 2.22. The third-order valence-corrected chi connectivity index (χ3v) is 5.58. The van der Waals surface area contributed by atoms with E-state index in [1.807, 2.05) is 79.7 Å². The highest BCUT2D eigenvalue weighted by molar-refractivity contribution is 6.04. The molecule has 0 saturated carbocycles. The molecule has 0 radical (unpaired) electrons. The van der Waals surface area contributed by atoms with Crippen LogP contribution in [0.15, 0.2) is 84.9 Å². The molecule has 34 heavy (non-hydrogen) atoms. The molecule has 0 unspecified atom stereocenters. The van der Waals surface area contributed by atoms with Crippen molar-refractivity contribution in [3.05, 3.63) is 96.2 Å². The van der Waals surface area contributed by atoms with Gasteiger partial charge in [0.25, 0.3) is 5.91 Å². The molecule has 0 fully saturated rings. The molecule has 0 aliphatic carbocycles. The molecule has 6 nitrogen and oxygen atoms in total. The third kappa shape index (κ3) is 5.59. The molecule has 2 N–H and O–H groups in total. The van der Waals surface area contributed by atoms with E-state index in [4.69, 9.17) is 0 Å². The van der Waals surface area contributed by atoms with E-state index in [1.54, 1.807) is 0 Å². The summed E-state index contributed by atoms with van der Waals surface area (Å²) >= 11 is 0. The van der Waals surface area contributed by atoms with E-state index in [-0.39, 0.29) is 5.91 Å². The summed E-state index contributed by atoms with van der Waals surface area (Å²) in [4.78, 5) is 24.0. The number of aromatic nitrogens is 2. The first kappa shape index (κ1) is 23.0. The maximum atomic E-state index is 12.7. The molecule has 4 rings (SSSR count). The van der Waals surface area contributed by atoms with Crippen molar-refractivity contribution < 1.29 is 4.79 Å². The monoisotopic (exact) mass is 451 g/mol. The molecule has 0 aliphatic rings. The summed E-state index contributed by atoms with van der Waals surface area (Å²) in [5.41, 5.74) is 5.29. The van der Waals surface area contributed by atoms with Crippen LogP contribution in [-0.2, 0) is 0 Å². The quantitative estimate of drug-likeness (QED) is 0.329. The minimum absolute atomic E-state index is 0.147. The second kappa shape index (κ2) is 10.6. The average Bonchev–Trinajstić information content (AvgIpc) is 2.86. The van der Waals surface area contributed by atoms with Crippen LogP contribution in [0.2, 0.25) is 0 Å². The zero-order valence-electron chi connectivity index (χ0n) is 19.7. The normalized spacial score (nSPS) is 10.6. The van der Waals surface area contributed by atoms with Crippen LogP contribution in [0.3, 0.4) is 0 Å². The molecule has 1 heterocycles. The predicted octanol–water partition coefficient (Wildman–Crippen LogP) is 6.29. The Bertz CT molecular complexity index is 1230. The van der Waals surface area contributed by atoms with E-state index in [0.29, 0.717) is 11.5 Å². The van der Waals surface area contributed by atoms with Crippen LogP contribution in [0.1, 0.15) is 29.9 Å². The Morgan fingerprint density at radius 1 is 0.794 bits per heavy atom. The Morgan fingerprint density at radius 3 is 2.06 bits per heavy atom. The number of anilines is 4. The van der Waals surface area contributed by atoms with Crippen LogP contribution in [0.4, 0.5) is 23.1 Å². The number of rotatable bonds is 8. The summed E-state index contributed by atoms with van der Waals surface area (Å²) in [6, 6.07) is 27.2. The first-order valence-electron chi connectivity index (χ1n) is 11.5. The number of aryl methyl sites for hydroxylation is 1. The number of carbonyl (C=O) groups excluding carboxylic acids is 1. The maximum Gasteiger partial charge on any atom is 0.255 e. The molecule has 0 bridgehead atoms. The Kier molecular flexibility index (Phi) is 7.18. The van der Waals surface area contributed by atoms with Crippen molar-refractivity contribution in [3.8, 4) is 11.1 Å². The van der Waals surface area contributed by atoms with Gasteiger partial charge >= 0.3 is 0 Å². The molecule has 172 valence electrons. The van der Waals surface area contributed by atoms with Crippen molar-refractivity contribution in [2.24, 2.45) is 0 Å². The number of amides is 1. The fraction of sp³-hybridized carbons (Fsp3) is 0.179. The standard InChI is InChI=1S/C28H29N5O/c1-4-33(5-2)26-19-20(3)29-28(32-26)31-25-17-15-24(16-18-25)30-27(34)23-13-11-22(12-14-23)21-9-7-6-8-10-21/h6-19H,4-5H2,1-3H3,(H,30,34)(H,29,31,32). The molecule has 1 amide bonds. The molecule has 3 aromatic carbocycles. The average molecular weight is 452 g/mol. The molecule has 0 atom stereocenters. The first-order chi connectivity index (χ1) is 16.6. The molecule has 0 saturated heterocycles. The minimum atomic E-state index is -0.147. The Balaban J connectivity index is 1.41. The van der Waals surface area contributed by atoms with Gasteiger partial charge in [-0.15, -0.1) is 0 Å². The largest absolute Gasteiger partial charge is 0.357 e. The zero-order chi connectivity index (χ0) is 23.9. The van der Waals surface area contributed by atoms with E-state index in [0.717, 1.165) is 47.1 Å². The van der Waals surface area contributed by atoms with Crippen molar-refractivity contribution in [1.29, 1.82) is 0 Å². The van der Waals surface area contributed by atoms with Crippen LogP contribution in [0.25, 0.3) is 11.1 Å². The lowest BCUT2D eigenvalue weighted by Gasteiger charge is -2.20. The maximum absolute atomic E-state index is 12.7. The summed E-state index contributed by atoms with van der Waals surface area (Å²) in [6.45, 7) is 7.95. The molecule has 0 aliphatic heterocycles. The van der Waals surface area contributed by atoms with Gasteiger partial charge in [-0.25, -0.2) is 4.98 Å². The molecule has 4 aromatic rings. The van der Waals surface area contributed by atoms with E-state index in [9.17, 15) is 4.79 Å². The topological polar surface area (TPSA) is 70.2 Å². The summed E-state index contributed by atoms with van der Waals surface area (Å²) in [6.07, 6.45) is 0. The SMILES string of the molecule is CCN(CC)c1cc(C)nc(Nc2ccc(NC(=O)c3ccc(-c4ccccc4)cc3)cc2)n1. The van der Waals surface area contributed by atoms with Gasteiger partial charge in [0.2, 0.25) is 5.95 Å². The number of hydrogen-bond donors (Lipinski definition) is 2. The lowest BCUT2D eigenvalue weighted by molar-refractivity contribution is 0.102. The number of nitrogens with zero attached hydrogens (tertiary/aromatic N) is 3. The number of nitrogens with one attached hydrogen (secondary N) is 2. The smallest absolute Gasteiger partial charge is 0.255 e. The fourth-order valence-electron chi connectivity index (χ4n) is 3.73. The van der Waals surface area contributed by atoms with Gasteiger partial charge in [0.05, 0.1) is 0 Å². The molecular weight excluding hydrogens is 422 g/mol. The summed E-state index contributed by atoms with van der Waals surface area (Å²) < 4.78 is 0. The van der Waals surface area contributed by atoms with E-state index < -0.39 is 0 Å². The van der Waals surface area contributed by atoms with Crippen molar-refractivity contribution in [1.82, 2.24) is 9.97 Å². The summed E-state index contributed by atoms with van der Waals surface area (Å²) in [7, 11) is 0. The predicted molar refractivity (Wildman–Crippen MR) is 140 cm³/mol. The van der Waals surface area contributed by atoms with Gasteiger partial charge in [-0.3, -0.25) is 4.79 Å². The zero-order valence-corrected chi connectivity index (χ0v) is 19.7. The van der Waals surface area contributed by atoms with Crippen LogP contribution in [0.5, 0.6) is 0 Å². The molecule has 6 heteroatoms.